The largest absolute Gasteiger partial charge is 0.344 e. The van der Waals surface area contributed by atoms with E-state index in [1.165, 1.54) is 0 Å². The number of hydrogen-bond acceptors (Lipinski definition) is 3. The number of hydrogen-bond donors (Lipinski definition) is 1. The number of aromatic nitrogens is 2. The number of rotatable bonds is 4. The lowest BCUT2D eigenvalue weighted by Crippen LogP contribution is -2.34. The van der Waals surface area contributed by atoms with Crippen LogP contribution in [0.3, 0.4) is 0 Å². The van der Waals surface area contributed by atoms with Crippen LogP contribution >= 0.6 is 11.6 Å². The molecule has 0 bridgehead atoms. The minimum Gasteiger partial charge on any atom is -0.344 e. The first-order chi connectivity index (χ1) is 8.24. The highest BCUT2D eigenvalue weighted by atomic mass is 35.5. The molecule has 88 valence electrons. The van der Waals surface area contributed by atoms with E-state index in [2.05, 4.69) is 15.3 Å². The molecule has 0 aliphatic heterocycles. The van der Waals surface area contributed by atoms with Gasteiger partial charge in [0.15, 0.2) is 0 Å². The average molecular weight is 248 g/mol. The van der Waals surface area contributed by atoms with Gasteiger partial charge >= 0.3 is 0 Å². The van der Waals surface area contributed by atoms with Crippen LogP contribution in [0.15, 0.2) is 48.8 Å². The monoisotopic (exact) mass is 247 g/mol. The quantitative estimate of drug-likeness (QED) is 0.844. The summed E-state index contributed by atoms with van der Waals surface area (Å²) in [5.74, 6) is 1.02. The summed E-state index contributed by atoms with van der Waals surface area (Å²) in [6.45, 7) is 2.03. The van der Waals surface area contributed by atoms with E-state index < -0.39 is 0 Å². The standard InChI is InChI=1S/C13H14ClN3/c1-13(10-14,11-6-3-2-4-7-11)17-12-15-8-5-9-16-12/h2-9H,10H2,1H3,(H,15,16,17). The molecule has 0 aliphatic rings. The summed E-state index contributed by atoms with van der Waals surface area (Å²) in [6.07, 6.45) is 3.41. The maximum Gasteiger partial charge on any atom is 0.223 e. The second-order valence-corrected chi connectivity index (χ2v) is 4.30. The van der Waals surface area contributed by atoms with Crippen LogP contribution < -0.4 is 5.32 Å². The summed E-state index contributed by atoms with van der Waals surface area (Å²) >= 11 is 6.08. The van der Waals surface area contributed by atoms with Crippen LogP contribution in [-0.2, 0) is 5.54 Å². The molecule has 2 rings (SSSR count). The molecular formula is C13H14ClN3. The summed E-state index contributed by atoms with van der Waals surface area (Å²) in [5.41, 5.74) is 0.743. The van der Waals surface area contributed by atoms with Gasteiger partial charge in [-0.05, 0) is 18.6 Å². The molecule has 1 atom stereocenters. The molecule has 17 heavy (non-hydrogen) atoms. The van der Waals surface area contributed by atoms with Gasteiger partial charge in [0.2, 0.25) is 5.95 Å². The maximum absolute atomic E-state index is 6.08. The van der Waals surface area contributed by atoms with Gasteiger partial charge in [-0.2, -0.15) is 0 Å². The first-order valence-electron chi connectivity index (χ1n) is 5.41. The molecule has 1 unspecified atom stereocenters. The van der Waals surface area contributed by atoms with Crippen molar-refractivity contribution in [1.29, 1.82) is 0 Å². The maximum atomic E-state index is 6.08. The lowest BCUT2D eigenvalue weighted by atomic mass is 9.94. The van der Waals surface area contributed by atoms with E-state index in [1.807, 2.05) is 37.3 Å². The zero-order valence-electron chi connectivity index (χ0n) is 9.60. The van der Waals surface area contributed by atoms with Gasteiger partial charge < -0.3 is 5.32 Å². The Bertz CT molecular complexity index is 461. The topological polar surface area (TPSA) is 37.8 Å². The minimum atomic E-state index is -0.371. The Morgan fingerprint density at radius 3 is 2.35 bits per heavy atom. The molecule has 0 aliphatic carbocycles. The molecule has 4 heteroatoms. The van der Waals surface area contributed by atoms with Crippen molar-refractivity contribution < 1.29 is 0 Å². The predicted octanol–water partition coefficient (Wildman–Crippen LogP) is 3.04. The molecule has 2 aromatic rings. The van der Waals surface area contributed by atoms with E-state index in [9.17, 15) is 0 Å². The molecule has 1 heterocycles. The second kappa shape index (κ2) is 5.15. The van der Waals surface area contributed by atoms with Crippen molar-refractivity contribution in [3.8, 4) is 0 Å². The van der Waals surface area contributed by atoms with Gasteiger partial charge in [-0.15, -0.1) is 11.6 Å². The Balaban J connectivity index is 2.27. The van der Waals surface area contributed by atoms with Crippen molar-refractivity contribution in [2.24, 2.45) is 0 Å². The number of nitrogens with zero attached hydrogens (tertiary/aromatic N) is 2. The fraction of sp³-hybridized carbons (Fsp3) is 0.231. The molecule has 0 spiro atoms. The second-order valence-electron chi connectivity index (χ2n) is 4.03. The highest BCUT2D eigenvalue weighted by Gasteiger charge is 2.25. The first kappa shape index (κ1) is 11.9. The molecule has 0 saturated heterocycles. The van der Waals surface area contributed by atoms with Crippen molar-refractivity contribution in [2.75, 3.05) is 11.2 Å². The van der Waals surface area contributed by atoms with E-state index in [-0.39, 0.29) is 5.54 Å². The van der Waals surface area contributed by atoms with E-state index in [1.54, 1.807) is 18.5 Å². The van der Waals surface area contributed by atoms with E-state index >= 15 is 0 Å². The van der Waals surface area contributed by atoms with Crippen LogP contribution in [-0.4, -0.2) is 15.8 Å². The summed E-state index contributed by atoms with van der Waals surface area (Å²) in [7, 11) is 0. The SMILES string of the molecule is CC(CCl)(Nc1ncccn1)c1ccccc1. The van der Waals surface area contributed by atoms with E-state index in [4.69, 9.17) is 11.6 Å². The Morgan fingerprint density at radius 2 is 1.76 bits per heavy atom. The molecule has 1 aromatic carbocycles. The van der Waals surface area contributed by atoms with Gasteiger partial charge in [0, 0.05) is 18.3 Å². The van der Waals surface area contributed by atoms with Crippen LogP contribution in [0, 0.1) is 0 Å². The number of halogens is 1. The molecular weight excluding hydrogens is 234 g/mol. The van der Waals surface area contributed by atoms with Gasteiger partial charge in [-0.1, -0.05) is 30.3 Å². The van der Waals surface area contributed by atoms with Crippen LogP contribution in [0.25, 0.3) is 0 Å². The van der Waals surface area contributed by atoms with Gasteiger partial charge in [-0.25, -0.2) is 9.97 Å². The minimum absolute atomic E-state index is 0.371. The lowest BCUT2D eigenvalue weighted by Gasteiger charge is -2.29. The Morgan fingerprint density at radius 1 is 1.12 bits per heavy atom. The van der Waals surface area contributed by atoms with Crippen molar-refractivity contribution >= 4 is 17.5 Å². The molecule has 3 nitrogen and oxygen atoms in total. The van der Waals surface area contributed by atoms with Crippen molar-refractivity contribution in [3.05, 3.63) is 54.4 Å². The Labute approximate surface area is 106 Å². The van der Waals surface area contributed by atoms with Gasteiger partial charge in [0.05, 0.1) is 5.54 Å². The molecule has 1 aromatic heterocycles. The Kier molecular flexibility index (Phi) is 3.59. The van der Waals surface area contributed by atoms with Gasteiger partial charge in [-0.3, -0.25) is 0 Å². The zero-order chi connectivity index (χ0) is 12.1. The number of nitrogens with one attached hydrogen (secondary N) is 1. The predicted molar refractivity (Wildman–Crippen MR) is 70.2 cm³/mol. The summed E-state index contributed by atoms with van der Waals surface area (Å²) < 4.78 is 0. The normalized spacial score (nSPS) is 14.0. The third-order valence-corrected chi connectivity index (χ3v) is 3.17. The summed E-state index contributed by atoms with van der Waals surface area (Å²) in [5, 5.41) is 3.27. The average Bonchev–Trinajstić information content (AvgIpc) is 2.41. The Hall–Kier alpha value is -1.61. The van der Waals surface area contributed by atoms with Crippen LogP contribution in [0.2, 0.25) is 0 Å². The molecule has 0 saturated carbocycles. The molecule has 1 N–H and O–H groups in total. The third-order valence-electron chi connectivity index (χ3n) is 2.63. The van der Waals surface area contributed by atoms with Crippen LogP contribution in [0.4, 0.5) is 5.95 Å². The van der Waals surface area contributed by atoms with Crippen molar-refractivity contribution in [3.63, 3.8) is 0 Å². The fourth-order valence-electron chi connectivity index (χ4n) is 1.60. The van der Waals surface area contributed by atoms with Gasteiger partial charge in [0.25, 0.3) is 0 Å². The number of benzene rings is 1. The molecule has 0 fully saturated rings. The molecule has 0 amide bonds. The van der Waals surface area contributed by atoms with Crippen molar-refractivity contribution in [1.82, 2.24) is 9.97 Å². The highest BCUT2D eigenvalue weighted by Crippen LogP contribution is 2.25. The highest BCUT2D eigenvalue weighted by molar-refractivity contribution is 6.18. The van der Waals surface area contributed by atoms with E-state index in [0.717, 1.165) is 5.56 Å². The van der Waals surface area contributed by atoms with Gasteiger partial charge in [0.1, 0.15) is 0 Å². The number of anilines is 1. The summed E-state index contributed by atoms with van der Waals surface area (Å²) in [4.78, 5) is 8.31. The zero-order valence-corrected chi connectivity index (χ0v) is 10.4. The van der Waals surface area contributed by atoms with Crippen LogP contribution in [0.5, 0.6) is 0 Å². The molecule has 0 radical (unpaired) electrons. The first-order valence-corrected chi connectivity index (χ1v) is 5.95. The third kappa shape index (κ3) is 2.74. The lowest BCUT2D eigenvalue weighted by molar-refractivity contribution is 0.609. The van der Waals surface area contributed by atoms with Crippen molar-refractivity contribution in [2.45, 2.75) is 12.5 Å². The van der Waals surface area contributed by atoms with Crippen LogP contribution in [0.1, 0.15) is 12.5 Å². The number of alkyl halides is 1. The fourth-order valence-corrected chi connectivity index (χ4v) is 1.82. The smallest absolute Gasteiger partial charge is 0.223 e. The summed E-state index contributed by atoms with van der Waals surface area (Å²) in [6, 6.07) is 11.8. The van der Waals surface area contributed by atoms with E-state index in [0.29, 0.717) is 11.8 Å².